The molecule has 2 N–H and O–H groups in total. The summed E-state index contributed by atoms with van der Waals surface area (Å²) in [6.45, 7) is 14.1. The van der Waals surface area contributed by atoms with Crippen LogP contribution < -0.4 is 10.6 Å². The molecular formula is C32H45N3O4. The second-order valence-corrected chi connectivity index (χ2v) is 11.8. The number of aryl methyl sites for hydroxylation is 2. The van der Waals surface area contributed by atoms with E-state index in [0.717, 1.165) is 41.5 Å². The fourth-order valence-electron chi connectivity index (χ4n) is 4.71. The molecule has 1 aliphatic rings. The maximum Gasteiger partial charge on any atom is 0.408 e. The topological polar surface area (TPSA) is 87.7 Å². The third-order valence-corrected chi connectivity index (χ3v) is 7.15. The van der Waals surface area contributed by atoms with Crippen LogP contribution in [0, 0.1) is 19.8 Å². The molecule has 212 valence electrons. The summed E-state index contributed by atoms with van der Waals surface area (Å²) < 4.78 is 5.52. The van der Waals surface area contributed by atoms with Crippen molar-refractivity contribution in [2.24, 2.45) is 5.92 Å². The fourth-order valence-corrected chi connectivity index (χ4v) is 4.71. The second kappa shape index (κ2) is 13.1. The summed E-state index contributed by atoms with van der Waals surface area (Å²) in [7, 11) is 0. The summed E-state index contributed by atoms with van der Waals surface area (Å²) in [5.41, 5.74) is 3.15. The van der Waals surface area contributed by atoms with Crippen molar-refractivity contribution in [2.75, 3.05) is 6.54 Å². The standard InChI is InChI=1S/C32H45N3O4/c1-8-9-17-33-29(36)28(25-16-15-21(2)22(3)18-25)35(27-19-23(27)4)30(37)26(20-24-13-11-10-12-14-24)34-31(38)39-32(5,6)7/h10-16,18,23,26-28H,8-9,17,19-20H2,1-7H3,(H,33,36)(H,34,38). The van der Waals surface area contributed by atoms with Crippen LogP contribution in [0.4, 0.5) is 4.79 Å². The number of ether oxygens (including phenoxy) is 1. The van der Waals surface area contributed by atoms with E-state index in [1.165, 1.54) is 0 Å². The number of carbonyl (C=O) groups is 3. The van der Waals surface area contributed by atoms with Gasteiger partial charge in [0, 0.05) is 19.0 Å². The molecule has 1 aliphatic carbocycles. The molecule has 4 unspecified atom stereocenters. The van der Waals surface area contributed by atoms with Gasteiger partial charge in [-0.15, -0.1) is 0 Å². The molecule has 0 radical (unpaired) electrons. The van der Waals surface area contributed by atoms with Gasteiger partial charge in [-0.05, 0) is 75.6 Å². The highest BCUT2D eigenvalue weighted by Gasteiger charge is 2.48. The molecule has 7 heteroatoms. The first-order valence-corrected chi connectivity index (χ1v) is 14.1. The van der Waals surface area contributed by atoms with E-state index in [0.29, 0.717) is 6.54 Å². The first kappa shape index (κ1) is 30.2. The highest BCUT2D eigenvalue weighted by molar-refractivity contribution is 5.93. The Balaban J connectivity index is 2.03. The van der Waals surface area contributed by atoms with Gasteiger partial charge in [-0.25, -0.2) is 4.79 Å². The number of carbonyl (C=O) groups excluding carboxylic acids is 3. The minimum atomic E-state index is -0.896. The first-order valence-electron chi connectivity index (χ1n) is 14.1. The minimum Gasteiger partial charge on any atom is -0.444 e. The maximum atomic E-state index is 14.5. The average Bonchev–Trinajstić information content (AvgIpc) is 3.58. The van der Waals surface area contributed by atoms with E-state index in [-0.39, 0.29) is 30.2 Å². The van der Waals surface area contributed by atoms with Gasteiger partial charge < -0.3 is 20.3 Å². The van der Waals surface area contributed by atoms with Gasteiger partial charge in [0.15, 0.2) is 0 Å². The number of hydrogen-bond acceptors (Lipinski definition) is 4. The van der Waals surface area contributed by atoms with E-state index < -0.39 is 23.8 Å². The van der Waals surface area contributed by atoms with Crippen LogP contribution in [0.3, 0.4) is 0 Å². The average molecular weight is 536 g/mol. The number of nitrogens with zero attached hydrogens (tertiary/aromatic N) is 1. The van der Waals surface area contributed by atoms with Gasteiger partial charge in [0.1, 0.15) is 17.7 Å². The SMILES string of the molecule is CCCCNC(=O)C(c1ccc(C)c(C)c1)N(C(=O)C(Cc1ccccc1)NC(=O)OC(C)(C)C)C1CC1C. The van der Waals surface area contributed by atoms with Crippen molar-refractivity contribution in [3.05, 3.63) is 70.8 Å². The normalized spacial score (nSPS) is 18.0. The van der Waals surface area contributed by atoms with E-state index >= 15 is 0 Å². The fraction of sp³-hybridized carbons (Fsp3) is 0.531. The number of amides is 3. The monoisotopic (exact) mass is 535 g/mol. The van der Waals surface area contributed by atoms with Crippen molar-refractivity contribution < 1.29 is 19.1 Å². The summed E-state index contributed by atoms with van der Waals surface area (Å²) >= 11 is 0. The molecule has 4 atom stereocenters. The summed E-state index contributed by atoms with van der Waals surface area (Å²) in [5, 5.41) is 5.90. The van der Waals surface area contributed by atoms with Gasteiger partial charge in [-0.1, -0.05) is 68.8 Å². The van der Waals surface area contributed by atoms with Crippen LogP contribution >= 0.6 is 0 Å². The van der Waals surface area contributed by atoms with Crippen LogP contribution in [0.25, 0.3) is 0 Å². The van der Waals surface area contributed by atoms with Crippen molar-refractivity contribution >= 4 is 17.9 Å². The van der Waals surface area contributed by atoms with Crippen LogP contribution in [0.1, 0.15) is 82.2 Å². The van der Waals surface area contributed by atoms with Gasteiger partial charge in [-0.3, -0.25) is 9.59 Å². The smallest absolute Gasteiger partial charge is 0.408 e. The molecule has 39 heavy (non-hydrogen) atoms. The lowest BCUT2D eigenvalue weighted by atomic mass is 9.97. The highest BCUT2D eigenvalue weighted by Crippen LogP contribution is 2.41. The van der Waals surface area contributed by atoms with Gasteiger partial charge in [0.25, 0.3) is 0 Å². The Bertz CT molecular complexity index is 1140. The quantitative estimate of drug-likeness (QED) is 0.365. The molecular weight excluding hydrogens is 490 g/mol. The molecule has 1 saturated carbocycles. The number of alkyl carbamates (subject to hydrolysis) is 1. The van der Waals surface area contributed by atoms with Crippen LogP contribution in [0.5, 0.6) is 0 Å². The minimum absolute atomic E-state index is 0.0975. The predicted octanol–water partition coefficient (Wildman–Crippen LogP) is 5.63. The lowest BCUT2D eigenvalue weighted by Crippen LogP contribution is -2.54. The van der Waals surface area contributed by atoms with Crippen molar-refractivity contribution in [2.45, 2.75) is 97.9 Å². The van der Waals surface area contributed by atoms with Gasteiger partial charge >= 0.3 is 6.09 Å². The van der Waals surface area contributed by atoms with E-state index in [2.05, 4.69) is 24.5 Å². The molecule has 0 saturated heterocycles. The Hall–Kier alpha value is -3.35. The zero-order chi connectivity index (χ0) is 28.7. The molecule has 7 nitrogen and oxygen atoms in total. The van der Waals surface area contributed by atoms with Crippen molar-refractivity contribution in [3.8, 4) is 0 Å². The molecule has 0 aliphatic heterocycles. The Morgan fingerprint density at radius 2 is 1.72 bits per heavy atom. The number of rotatable bonds is 11. The number of nitrogens with one attached hydrogen (secondary N) is 2. The van der Waals surface area contributed by atoms with E-state index in [1.807, 2.05) is 62.4 Å². The van der Waals surface area contributed by atoms with Gasteiger partial charge in [0.2, 0.25) is 11.8 Å². The largest absolute Gasteiger partial charge is 0.444 e. The van der Waals surface area contributed by atoms with Gasteiger partial charge in [-0.2, -0.15) is 0 Å². The van der Waals surface area contributed by atoms with E-state index in [9.17, 15) is 14.4 Å². The molecule has 0 spiro atoms. The van der Waals surface area contributed by atoms with Crippen molar-refractivity contribution in [1.29, 1.82) is 0 Å². The van der Waals surface area contributed by atoms with E-state index in [1.54, 1.807) is 25.7 Å². The molecule has 3 rings (SSSR count). The van der Waals surface area contributed by atoms with Crippen LogP contribution in [0.2, 0.25) is 0 Å². The lowest BCUT2D eigenvalue weighted by Gasteiger charge is -2.35. The molecule has 2 aromatic rings. The Kier molecular flexibility index (Phi) is 10.2. The van der Waals surface area contributed by atoms with Crippen molar-refractivity contribution in [3.63, 3.8) is 0 Å². The zero-order valence-electron chi connectivity index (χ0n) is 24.5. The third kappa shape index (κ3) is 8.57. The van der Waals surface area contributed by atoms with E-state index in [4.69, 9.17) is 4.74 Å². The highest BCUT2D eigenvalue weighted by atomic mass is 16.6. The van der Waals surface area contributed by atoms with Crippen LogP contribution in [-0.2, 0) is 20.7 Å². The number of hydrogen-bond donors (Lipinski definition) is 2. The van der Waals surface area contributed by atoms with Gasteiger partial charge in [0.05, 0.1) is 0 Å². The van der Waals surface area contributed by atoms with Crippen LogP contribution in [-0.4, -0.2) is 47.0 Å². The molecule has 0 bridgehead atoms. The summed E-state index contributed by atoms with van der Waals surface area (Å²) in [6.07, 6.45) is 2.25. The van der Waals surface area contributed by atoms with Crippen molar-refractivity contribution in [1.82, 2.24) is 15.5 Å². The third-order valence-electron chi connectivity index (χ3n) is 7.15. The zero-order valence-corrected chi connectivity index (χ0v) is 24.5. The Labute approximate surface area is 233 Å². The summed E-state index contributed by atoms with van der Waals surface area (Å²) in [6, 6.07) is 13.7. The molecule has 3 amide bonds. The van der Waals surface area contributed by atoms with Crippen LogP contribution in [0.15, 0.2) is 48.5 Å². The second-order valence-electron chi connectivity index (χ2n) is 11.8. The molecule has 2 aromatic carbocycles. The number of benzene rings is 2. The lowest BCUT2D eigenvalue weighted by molar-refractivity contribution is -0.143. The first-order chi connectivity index (χ1) is 18.4. The summed E-state index contributed by atoms with van der Waals surface area (Å²) in [4.78, 5) is 42.8. The predicted molar refractivity (Wildman–Crippen MR) is 154 cm³/mol. The summed E-state index contributed by atoms with van der Waals surface area (Å²) in [5.74, 6) is -0.229. The molecule has 0 heterocycles. The number of unbranched alkanes of at least 4 members (excludes halogenated alkanes) is 1. The molecule has 1 fully saturated rings. The Morgan fingerprint density at radius 3 is 2.28 bits per heavy atom. The maximum absolute atomic E-state index is 14.5. The Morgan fingerprint density at radius 1 is 1.05 bits per heavy atom. The molecule has 0 aromatic heterocycles.